The number of carboxylic acid groups (broad SMARTS) is 1. The molecular formula is C26H28FN7O4. The van der Waals surface area contributed by atoms with Gasteiger partial charge < -0.3 is 15.6 Å². The number of rotatable bonds is 9. The van der Waals surface area contributed by atoms with E-state index >= 15 is 0 Å². The number of nitrogens with two attached hydrogens (primary N) is 1. The third-order valence-corrected chi connectivity index (χ3v) is 5.27. The van der Waals surface area contributed by atoms with Gasteiger partial charge in [0, 0.05) is 30.8 Å². The Morgan fingerprint density at radius 3 is 2.42 bits per heavy atom. The van der Waals surface area contributed by atoms with Gasteiger partial charge in [0.2, 0.25) is 0 Å². The van der Waals surface area contributed by atoms with E-state index in [0.717, 1.165) is 22.7 Å². The number of halogens is 1. The number of hydrogen-bond acceptors (Lipinski definition) is 7. The van der Waals surface area contributed by atoms with Gasteiger partial charge >= 0.3 is 5.69 Å². The van der Waals surface area contributed by atoms with Crippen LogP contribution < -0.4 is 16.2 Å². The molecule has 198 valence electrons. The first kappa shape index (κ1) is 27.7. The minimum Gasteiger partial charge on any atom is -0.494 e. The van der Waals surface area contributed by atoms with E-state index in [4.69, 9.17) is 25.8 Å². The van der Waals surface area contributed by atoms with Crippen molar-refractivity contribution < 1.29 is 19.0 Å². The molecule has 12 heteroatoms. The summed E-state index contributed by atoms with van der Waals surface area (Å²) in [5, 5.41) is 19.5. The molecule has 5 N–H and O–H groups in total. The summed E-state index contributed by atoms with van der Waals surface area (Å²) in [5.74, 6) is -0.214. The van der Waals surface area contributed by atoms with Crippen LogP contribution in [0, 0.1) is 5.41 Å². The van der Waals surface area contributed by atoms with E-state index in [2.05, 4.69) is 20.1 Å². The Bertz CT molecular complexity index is 1430. The van der Waals surface area contributed by atoms with Gasteiger partial charge in [-0.05, 0) is 48.2 Å². The Balaban J connectivity index is 0.000000934. The van der Waals surface area contributed by atoms with Crippen LogP contribution in [0.5, 0.6) is 5.75 Å². The Morgan fingerprint density at radius 1 is 1.18 bits per heavy atom. The number of carbonyl (C=O) groups is 1. The molecule has 0 aliphatic rings. The van der Waals surface area contributed by atoms with E-state index < -0.39 is 24.3 Å². The first-order valence-corrected chi connectivity index (χ1v) is 11.6. The SMILES string of the molecule is CC(=O)O.CCOc1cc(CF)cc(C(Cc2ccc(C(=N)N)cc2)c2nn(-c3ncccn3)c(=O)[nH]2)c1. The van der Waals surface area contributed by atoms with Crippen molar-refractivity contribution in [3.8, 4) is 11.7 Å². The number of nitrogen functional groups attached to an aromatic ring is 1. The molecule has 1 atom stereocenters. The second-order valence-electron chi connectivity index (χ2n) is 8.14. The largest absolute Gasteiger partial charge is 0.494 e. The lowest BCUT2D eigenvalue weighted by Crippen LogP contribution is -2.18. The first-order valence-electron chi connectivity index (χ1n) is 11.6. The number of alkyl halides is 1. The van der Waals surface area contributed by atoms with Gasteiger partial charge in [-0.2, -0.15) is 0 Å². The van der Waals surface area contributed by atoms with Gasteiger partial charge in [0.15, 0.2) is 0 Å². The van der Waals surface area contributed by atoms with E-state index in [9.17, 15) is 9.18 Å². The summed E-state index contributed by atoms with van der Waals surface area (Å²) >= 11 is 0. The number of aromatic nitrogens is 5. The van der Waals surface area contributed by atoms with Crippen molar-refractivity contribution in [2.24, 2.45) is 5.73 Å². The fraction of sp³-hybridized carbons (Fsp3) is 0.231. The summed E-state index contributed by atoms with van der Waals surface area (Å²) < 4.78 is 20.4. The molecule has 0 amide bonds. The van der Waals surface area contributed by atoms with E-state index in [1.807, 2.05) is 25.1 Å². The van der Waals surface area contributed by atoms with Gasteiger partial charge in [-0.25, -0.2) is 19.2 Å². The average molecular weight is 522 g/mol. The smallest absolute Gasteiger partial charge is 0.350 e. The number of aliphatic carboxylic acids is 1. The van der Waals surface area contributed by atoms with Crippen molar-refractivity contribution in [3.63, 3.8) is 0 Å². The lowest BCUT2D eigenvalue weighted by Gasteiger charge is -2.18. The van der Waals surface area contributed by atoms with Crippen LogP contribution in [-0.2, 0) is 17.9 Å². The third kappa shape index (κ3) is 7.32. The monoisotopic (exact) mass is 521 g/mol. The van der Waals surface area contributed by atoms with Crippen LogP contribution in [0.25, 0.3) is 5.95 Å². The number of benzene rings is 2. The van der Waals surface area contributed by atoms with E-state index in [-0.39, 0.29) is 11.8 Å². The van der Waals surface area contributed by atoms with E-state index in [0.29, 0.717) is 35.7 Å². The zero-order valence-corrected chi connectivity index (χ0v) is 20.9. The highest BCUT2D eigenvalue weighted by Gasteiger charge is 2.23. The highest BCUT2D eigenvalue weighted by Crippen LogP contribution is 2.30. The lowest BCUT2D eigenvalue weighted by molar-refractivity contribution is -0.134. The molecule has 0 bridgehead atoms. The lowest BCUT2D eigenvalue weighted by atomic mass is 9.90. The summed E-state index contributed by atoms with van der Waals surface area (Å²) in [5.41, 5.74) is 7.82. The molecule has 11 nitrogen and oxygen atoms in total. The molecule has 0 saturated heterocycles. The molecule has 0 aliphatic carbocycles. The van der Waals surface area contributed by atoms with Crippen LogP contribution in [0.1, 0.15) is 47.8 Å². The zero-order chi connectivity index (χ0) is 27.7. The van der Waals surface area contributed by atoms with E-state index in [1.54, 1.807) is 30.3 Å². The number of hydrogen-bond donors (Lipinski definition) is 4. The molecule has 0 saturated carbocycles. The third-order valence-electron chi connectivity index (χ3n) is 5.27. The molecule has 0 fully saturated rings. The first-order chi connectivity index (χ1) is 18.2. The molecule has 0 spiro atoms. The van der Waals surface area contributed by atoms with Gasteiger partial charge in [-0.3, -0.25) is 15.2 Å². The maximum Gasteiger partial charge on any atom is 0.350 e. The molecule has 0 radical (unpaired) electrons. The molecule has 1 unspecified atom stereocenters. The summed E-state index contributed by atoms with van der Waals surface area (Å²) in [6.45, 7) is 2.72. The Hall–Kier alpha value is -4.87. The van der Waals surface area contributed by atoms with Crippen molar-refractivity contribution in [3.05, 3.63) is 99.5 Å². The maximum atomic E-state index is 13.6. The number of nitrogens with one attached hydrogen (secondary N) is 2. The number of aromatic amines is 1. The minimum absolute atomic E-state index is 0.0222. The van der Waals surface area contributed by atoms with Crippen LogP contribution in [0.3, 0.4) is 0 Å². The molecule has 2 aromatic carbocycles. The molecule has 4 rings (SSSR count). The van der Waals surface area contributed by atoms with Crippen molar-refractivity contribution >= 4 is 11.8 Å². The summed E-state index contributed by atoms with van der Waals surface area (Å²) in [7, 11) is 0. The minimum atomic E-state index is -0.833. The number of nitrogens with zero attached hydrogens (tertiary/aromatic N) is 4. The van der Waals surface area contributed by atoms with E-state index in [1.165, 1.54) is 12.4 Å². The van der Waals surface area contributed by atoms with Crippen molar-refractivity contribution in [2.45, 2.75) is 32.9 Å². The molecule has 0 aliphatic heterocycles. The van der Waals surface area contributed by atoms with Crippen molar-refractivity contribution in [2.75, 3.05) is 6.61 Å². The second kappa shape index (κ2) is 12.9. The van der Waals surface area contributed by atoms with Gasteiger partial charge in [-0.1, -0.05) is 30.3 Å². The van der Waals surface area contributed by atoms with Gasteiger partial charge in [-0.15, -0.1) is 9.78 Å². The highest BCUT2D eigenvalue weighted by molar-refractivity contribution is 5.94. The Morgan fingerprint density at radius 2 is 1.84 bits per heavy atom. The Labute approximate surface area is 217 Å². The predicted octanol–water partition coefficient (Wildman–Crippen LogP) is 2.97. The summed E-state index contributed by atoms with van der Waals surface area (Å²) in [6, 6.07) is 14.1. The van der Waals surface area contributed by atoms with Crippen molar-refractivity contribution in [1.29, 1.82) is 5.41 Å². The topological polar surface area (TPSA) is 173 Å². The molecule has 4 aromatic rings. The van der Waals surface area contributed by atoms with Crippen LogP contribution in [0.4, 0.5) is 4.39 Å². The average Bonchev–Trinajstić information content (AvgIpc) is 3.28. The number of carboxylic acids is 1. The van der Waals surface area contributed by atoms with Gasteiger partial charge in [0.1, 0.15) is 24.1 Å². The van der Waals surface area contributed by atoms with Crippen molar-refractivity contribution in [1.82, 2.24) is 24.7 Å². The second-order valence-corrected chi connectivity index (χ2v) is 8.14. The summed E-state index contributed by atoms with van der Waals surface area (Å²) in [6.07, 6.45) is 3.49. The van der Waals surface area contributed by atoms with Gasteiger partial charge in [0.25, 0.3) is 11.9 Å². The fourth-order valence-corrected chi connectivity index (χ4v) is 3.68. The zero-order valence-electron chi connectivity index (χ0n) is 20.9. The van der Waals surface area contributed by atoms with Crippen LogP contribution in [0.2, 0.25) is 0 Å². The predicted molar refractivity (Wildman–Crippen MR) is 139 cm³/mol. The Kier molecular flexibility index (Phi) is 9.41. The quantitative estimate of drug-likeness (QED) is 0.192. The maximum absolute atomic E-state index is 13.6. The number of ether oxygens (including phenoxy) is 1. The van der Waals surface area contributed by atoms with Gasteiger partial charge in [0.05, 0.1) is 6.61 Å². The van der Waals surface area contributed by atoms with Crippen LogP contribution >= 0.6 is 0 Å². The summed E-state index contributed by atoms with van der Waals surface area (Å²) in [4.78, 5) is 32.7. The van der Waals surface area contributed by atoms with Crippen LogP contribution in [-0.4, -0.2) is 48.3 Å². The van der Waals surface area contributed by atoms with Crippen LogP contribution in [0.15, 0.2) is 65.7 Å². The molecule has 2 heterocycles. The number of H-pyrrole nitrogens is 1. The normalized spacial score (nSPS) is 11.2. The molecule has 2 aromatic heterocycles. The molecule has 38 heavy (non-hydrogen) atoms. The highest BCUT2D eigenvalue weighted by atomic mass is 19.1. The fourth-order valence-electron chi connectivity index (χ4n) is 3.68. The molecular weight excluding hydrogens is 493 g/mol. The standard InChI is InChI=1S/C24H24FN7O2.C2H4O2/c1-2-34-19-11-16(14-25)10-18(13-19)20(12-15-4-6-17(7-5-15)21(26)27)22-30-24(33)32(31-22)23-28-8-3-9-29-23;1-2(3)4/h3-11,13,20H,2,12,14H2,1H3,(H3,26,27)(H,30,31,33);1H3,(H,3,4). The number of amidine groups is 1.